The zero-order valence-electron chi connectivity index (χ0n) is 12.0. The second-order valence-corrected chi connectivity index (χ2v) is 4.74. The number of carbonyl (C=O) groups is 2. The maximum atomic E-state index is 12.1. The lowest BCUT2D eigenvalue weighted by molar-refractivity contribution is -0.135. The highest BCUT2D eigenvalue weighted by Gasteiger charge is 2.20. The highest BCUT2D eigenvalue weighted by Crippen LogP contribution is 2.20. The Hall–Kier alpha value is -2.89. The largest absolute Gasteiger partial charge is 0.478 e. The first-order valence-corrected chi connectivity index (χ1v) is 6.53. The Labute approximate surface area is 126 Å². The second-order valence-electron chi connectivity index (χ2n) is 4.74. The molecule has 0 saturated carbocycles. The zero-order valence-corrected chi connectivity index (χ0v) is 12.0. The summed E-state index contributed by atoms with van der Waals surface area (Å²) < 4.78 is 10.1. The van der Waals surface area contributed by atoms with Gasteiger partial charge < -0.3 is 14.3 Å². The van der Waals surface area contributed by atoms with E-state index in [4.69, 9.17) is 14.3 Å². The first-order chi connectivity index (χ1) is 10.4. The normalized spacial score (nSPS) is 11.7. The fraction of sp³-hybridized carbons (Fsp3) is 0.188. The lowest BCUT2D eigenvalue weighted by atomic mass is 10.00. The van der Waals surface area contributed by atoms with Crippen LogP contribution in [0.4, 0.5) is 0 Å². The van der Waals surface area contributed by atoms with E-state index in [1.54, 1.807) is 6.92 Å². The minimum atomic E-state index is -1.04. The van der Waals surface area contributed by atoms with Crippen molar-refractivity contribution in [3.8, 4) is 5.75 Å². The maximum absolute atomic E-state index is 12.1. The van der Waals surface area contributed by atoms with Crippen LogP contribution in [-0.2, 0) is 4.79 Å². The lowest BCUT2D eigenvalue weighted by Gasteiger charge is -2.12. The molecule has 0 aliphatic heterocycles. The third-order valence-electron chi connectivity index (χ3n) is 3.22. The summed E-state index contributed by atoms with van der Waals surface area (Å²) in [7, 11) is 0. The fourth-order valence-electron chi connectivity index (χ4n) is 1.86. The summed E-state index contributed by atoms with van der Waals surface area (Å²) in [5, 5.41) is 8.84. The van der Waals surface area contributed by atoms with Crippen molar-refractivity contribution in [2.24, 2.45) is 0 Å². The van der Waals surface area contributed by atoms with E-state index in [9.17, 15) is 14.4 Å². The van der Waals surface area contributed by atoms with Crippen LogP contribution in [0.5, 0.6) is 5.75 Å². The van der Waals surface area contributed by atoms with E-state index in [0.29, 0.717) is 5.56 Å². The monoisotopic (exact) mass is 302 g/mol. The van der Waals surface area contributed by atoms with Crippen molar-refractivity contribution in [2.75, 3.05) is 0 Å². The molecule has 0 amide bonds. The summed E-state index contributed by atoms with van der Waals surface area (Å²) in [5.41, 5.74) is 0.280. The van der Waals surface area contributed by atoms with Crippen LogP contribution in [0, 0.1) is 6.92 Å². The Morgan fingerprint density at radius 3 is 2.36 bits per heavy atom. The molecule has 0 aliphatic rings. The summed E-state index contributed by atoms with van der Waals surface area (Å²) in [6.45, 7) is 3.13. The fourth-order valence-corrected chi connectivity index (χ4v) is 1.86. The van der Waals surface area contributed by atoms with Crippen molar-refractivity contribution in [1.82, 2.24) is 0 Å². The van der Waals surface area contributed by atoms with Crippen LogP contribution in [0.15, 0.2) is 45.8 Å². The van der Waals surface area contributed by atoms with Crippen molar-refractivity contribution < 1.29 is 23.8 Å². The summed E-state index contributed by atoms with van der Waals surface area (Å²) in [5.74, 6) is -2.23. The van der Waals surface area contributed by atoms with Crippen LogP contribution in [0.1, 0.15) is 34.5 Å². The molecule has 6 heteroatoms. The predicted molar refractivity (Wildman–Crippen MR) is 77.2 cm³/mol. The van der Waals surface area contributed by atoms with Crippen LogP contribution >= 0.6 is 0 Å². The maximum Gasteiger partial charge on any atom is 0.335 e. The van der Waals surface area contributed by atoms with Crippen molar-refractivity contribution in [3.05, 3.63) is 63.7 Å². The van der Waals surface area contributed by atoms with E-state index in [2.05, 4.69) is 0 Å². The molecule has 114 valence electrons. The number of aromatic carboxylic acids is 1. The number of carbonyl (C=O) groups excluding carboxylic acids is 1. The van der Waals surface area contributed by atoms with Crippen molar-refractivity contribution in [1.29, 1.82) is 0 Å². The number of esters is 1. The molecule has 0 spiro atoms. The summed E-state index contributed by atoms with van der Waals surface area (Å²) >= 11 is 0. The van der Waals surface area contributed by atoms with E-state index in [-0.39, 0.29) is 17.1 Å². The van der Waals surface area contributed by atoms with Crippen LogP contribution in [-0.4, -0.2) is 17.0 Å². The molecule has 0 bridgehead atoms. The summed E-state index contributed by atoms with van der Waals surface area (Å²) in [6.07, 6.45) is 1.23. The topological polar surface area (TPSA) is 93.8 Å². The molecule has 2 aromatic rings. The predicted octanol–water partition coefficient (Wildman–Crippen LogP) is 2.36. The van der Waals surface area contributed by atoms with Crippen LogP contribution in [0.2, 0.25) is 0 Å². The Morgan fingerprint density at radius 2 is 1.82 bits per heavy atom. The first-order valence-electron chi connectivity index (χ1n) is 6.53. The number of rotatable bonds is 4. The van der Waals surface area contributed by atoms with Crippen LogP contribution in [0.25, 0.3) is 0 Å². The molecule has 1 atom stereocenters. The number of ether oxygens (including phenoxy) is 1. The van der Waals surface area contributed by atoms with Gasteiger partial charge in [-0.1, -0.05) is 12.1 Å². The molecule has 2 rings (SSSR count). The lowest BCUT2D eigenvalue weighted by Crippen LogP contribution is -2.20. The molecule has 0 radical (unpaired) electrons. The van der Waals surface area contributed by atoms with E-state index < -0.39 is 23.3 Å². The molecular weight excluding hydrogens is 288 g/mol. The Kier molecular flexibility index (Phi) is 4.41. The smallest absolute Gasteiger partial charge is 0.335 e. The third kappa shape index (κ3) is 3.22. The van der Waals surface area contributed by atoms with Gasteiger partial charge in [0, 0.05) is 6.07 Å². The third-order valence-corrected chi connectivity index (χ3v) is 3.22. The molecule has 0 aliphatic carbocycles. The van der Waals surface area contributed by atoms with Crippen molar-refractivity contribution >= 4 is 11.9 Å². The molecule has 22 heavy (non-hydrogen) atoms. The van der Waals surface area contributed by atoms with Gasteiger partial charge >= 0.3 is 11.9 Å². The van der Waals surface area contributed by atoms with E-state index >= 15 is 0 Å². The highest BCUT2D eigenvalue weighted by atomic mass is 16.5. The van der Waals surface area contributed by atoms with Gasteiger partial charge in [-0.05, 0) is 31.5 Å². The molecule has 1 aromatic heterocycles. The highest BCUT2D eigenvalue weighted by molar-refractivity contribution is 5.88. The van der Waals surface area contributed by atoms with Gasteiger partial charge in [0.2, 0.25) is 11.2 Å². The van der Waals surface area contributed by atoms with Crippen LogP contribution in [0.3, 0.4) is 0 Å². The molecule has 1 heterocycles. The van der Waals surface area contributed by atoms with E-state index in [0.717, 1.165) is 0 Å². The van der Waals surface area contributed by atoms with Gasteiger partial charge in [0.25, 0.3) is 0 Å². The minimum absolute atomic E-state index is 0.129. The number of hydrogen-bond acceptors (Lipinski definition) is 5. The van der Waals surface area contributed by atoms with Gasteiger partial charge in [-0.15, -0.1) is 0 Å². The Balaban J connectivity index is 2.19. The Bertz CT molecular complexity index is 757. The SMILES string of the molecule is Cc1occc(=O)c1OC(=O)C(C)c1ccc(C(=O)O)cc1. The van der Waals surface area contributed by atoms with Gasteiger partial charge in [0.05, 0.1) is 17.7 Å². The van der Waals surface area contributed by atoms with Gasteiger partial charge in [-0.2, -0.15) is 0 Å². The number of carboxylic acid groups (broad SMARTS) is 1. The number of hydrogen-bond donors (Lipinski definition) is 1. The summed E-state index contributed by atoms with van der Waals surface area (Å²) in [4.78, 5) is 34.6. The number of benzene rings is 1. The van der Waals surface area contributed by atoms with Gasteiger partial charge in [0.15, 0.2) is 0 Å². The average molecular weight is 302 g/mol. The van der Waals surface area contributed by atoms with E-state index in [1.807, 2.05) is 0 Å². The average Bonchev–Trinajstić information content (AvgIpc) is 2.50. The van der Waals surface area contributed by atoms with Crippen LogP contribution < -0.4 is 10.2 Å². The molecular formula is C16H14O6. The molecule has 1 aromatic carbocycles. The van der Waals surface area contributed by atoms with Gasteiger partial charge in [-0.25, -0.2) is 4.79 Å². The number of aryl methyl sites for hydroxylation is 1. The van der Waals surface area contributed by atoms with Crippen molar-refractivity contribution in [2.45, 2.75) is 19.8 Å². The van der Waals surface area contributed by atoms with Gasteiger partial charge in [-0.3, -0.25) is 9.59 Å². The standard InChI is InChI=1S/C16H14O6/c1-9(11-3-5-12(6-4-11)15(18)19)16(20)22-14-10(2)21-8-7-13(14)17/h3-9H,1-2H3,(H,18,19). The molecule has 1 unspecified atom stereocenters. The number of carboxylic acids is 1. The zero-order chi connectivity index (χ0) is 16.3. The summed E-state index contributed by atoms with van der Waals surface area (Å²) in [6, 6.07) is 7.06. The van der Waals surface area contributed by atoms with E-state index in [1.165, 1.54) is 43.5 Å². The Morgan fingerprint density at radius 1 is 1.18 bits per heavy atom. The second kappa shape index (κ2) is 6.26. The van der Waals surface area contributed by atoms with Gasteiger partial charge in [0.1, 0.15) is 5.76 Å². The molecule has 0 fully saturated rings. The first kappa shape index (κ1) is 15.5. The quantitative estimate of drug-likeness (QED) is 0.871. The minimum Gasteiger partial charge on any atom is -0.478 e. The molecule has 6 nitrogen and oxygen atoms in total. The molecule has 1 N–H and O–H groups in total. The van der Waals surface area contributed by atoms with Crippen molar-refractivity contribution in [3.63, 3.8) is 0 Å². The molecule has 0 saturated heterocycles.